The van der Waals surface area contributed by atoms with Crippen LogP contribution in [0.25, 0.3) is 11.0 Å². The minimum Gasteiger partial charge on any atom is -0.389 e. The van der Waals surface area contributed by atoms with Gasteiger partial charge < -0.3 is 10.0 Å². The summed E-state index contributed by atoms with van der Waals surface area (Å²) in [4.78, 5) is 24.9. The smallest absolute Gasteiger partial charge is 0.256 e. The molecule has 128 valence electrons. The van der Waals surface area contributed by atoms with Crippen molar-refractivity contribution in [1.29, 1.82) is 0 Å². The minimum absolute atomic E-state index is 0.233. The maximum absolute atomic E-state index is 13.8. The molecular weight excluding hydrogens is 311 g/mol. The zero-order valence-electron chi connectivity index (χ0n) is 13.9. The highest BCUT2D eigenvalue weighted by atomic mass is 19.1. The molecule has 0 radical (unpaired) electrons. The monoisotopic (exact) mass is 332 g/mol. The molecule has 2 heterocycles. The summed E-state index contributed by atoms with van der Waals surface area (Å²) < 4.78 is 13.8. The van der Waals surface area contributed by atoms with Gasteiger partial charge in [-0.25, -0.2) is 4.39 Å². The van der Waals surface area contributed by atoms with Crippen LogP contribution in [0.1, 0.15) is 24.2 Å². The zero-order valence-corrected chi connectivity index (χ0v) is 13.9. The maximum atomic E-state index is 13.8. The van der Waals surface area contributed by atoms with Crippen LogP contribution in [-0.4, -0.2) is 69.1 Å². The van der Waals surface area contributed by atoms with E-state index in [1.807, 2.05) is 0 Å². The van der Waals surface area contributed by atoms with E-state index >= 15 is 0 Å². The number of carbonyl (C=O) groups is 1. The number of piperazine rings is 1. The van der Waals surface area contributed by atoms with Gasteiger partial charge in [-0.05, 0) is 19.9 Å². The number of carbonyl (C=O) groups excluding carboxylic acids is 1. The lowest BCUT2D eigenvalue weighted by Crippen LogP contribution is -2.52. The van der Waals surface area contributed by atoms with E-state index in [2.05, 4.69) is 14.9 Å². The number of hydrogen-bond acceptors (Lipinski definition) is 5. The predicted octanol–water partition coefficient (Wildman–Crippen LogP) is 1.30. The fraction of sp³-hybridized carbons (Fsp3) is 0.471. The zero-order chi connectivity index (χ0) is 17.3. The number of benzene rings is 1. The van der Waals surface area contributed by atoms with E-state index in [0.717, 1.165) is 0 Å². The van der Waals surface area contributed by atoms with Gasteiger partial charge in [0.1, 0.15) is 11.3 Å². The van der Waals surface area contributed by atoms with Crippen molar-refractivity contribution < 1.29 is 14.3 Å². The molecule has 1 fully saturated rings. The highest BCUT2D eigenvalue weighted by Crippen LogP contribution is 2.19. The quantitative estimate of drug-likeness (QED) is 0.917. The van der Waals surface area contributed by atoms with Crippen LogP contribution in [0.5, 0.6) is 0 Å². The number of aliphatic hydroxyl groups is 1. The Morgan fingerprint density at radius 2 is 1.88 bits per heavy atom. The summed E-state index contributed by atoms with van der Waals surface area (Å²) >= 11 is 0. The van der Waals surface area contributed by atoms with Crippen LogP contribution in [0.2, 0.25) is 0 Å². The third-order valence-electron chi connectivity index (χ3n) is 4.04. The van der Waals surface area contributed by atoms with E-state index < -0.39 is 11.4 Å². The van der Waals surface area contributed by atoms with Crippen molar-refractivity contribution in [3.8, 4) is 0 Å². The first-order chi connectivity index (χ1) is 11.3. The maximum Gasteiger partial charge on any atom is 0.256 e. The first-order valence-electron chi connectivity index (χ1n) is 7.98. The minimum atomic E-state index is -0.763. The molecule has 1 N–H and O–H groups in total. The van der Waals surface area contributed by atoms with E-state index in [1.54, 1.807) is 18.7 Å². The first-order valence-corrected chi connectivity index (χ1v) is 7.98. The lowest BCUT2D eigenvalue weighted by Gasteiger charge is -2.37. The number of β-amino-alcohol motifs (C(OH)–C–C–N with tert-alkyl or cyclic N) is 1. The van der Waals surface area contributed by atoms with Crippen LogP contribution in [-0.2, 0) is 0 Å². The van der Waals surface area contributed by atoms with Crippen molar-refractivity contribution in [3.63, 3.8) is 0 Å². The van der Waals surface area contributed by atoms with Gasteiger partial charge in [0.2, 0.25) is 0 Å². The molecule has 1 aliphatic rings. The highest BCUT2D eigenvalue weighted by Gasteiger charge is 2.27. The number of rotatable bonds is 3. The number of halogens is 1. The van der Waals surface area contributed by atoms with Gasteiger partial charge in [-0.1, -0.05) is 0 Å². The summed E-state index contributed by atoms with van der Waals surface area (Å²) in [5, 5.41) is 9.89. The van der Waals surface area contributed by atoms with Gasteiger partial charge in [-0.3, -0.25) is 19.7 Å². The van der Waals surface area contributed by atoms with Crippen molar-refractivity contribution in [1.82, 2.24) is 19.8 Å². The standard InChI is InChI=1S/C17H21FN4O2/c1-17(2,24)11-21-5-7-22(8-6-21)16(23)13-9-12(18)10-14-15(13)20-4-3-19-14/h3-4,9-10,24H,5-8,11H2,1-2H3. The molecule has 0 saturated carbocycles. The Morgan fingerprint density at radius 3 is 2.54 bits per heavy atom. The second-order valence-corrected chi connectivity index (χ2v) is 6.76. The van der Waals surface area contributed by atoms with Gasteiger partial charge in [-0.15, -0.1) is 0 Å². The molecule has 24 heavy (non-hydrogen) atoms. The molecule has 0 unspecified atom stereocenters. The Bertz CT molecular complexity index is 752. The van der Waals surface area contributed by atoms with Gasteiger partial charge >= 0.3 is 0 Å². The van der Waals surface area contributed by atoms with Gasteiger partial charge in [0.15, 0.2) is 0 Å². The molecular formula is C17H21FN4O2. The van der Waals surface area contributed by atoms with Gasteiger partial charge in [0.25, 0.3) is 5.91 Å². The van der Waals surface area contributed by atoms with Gasteiger partial charge in [0.05, 0.1) is 16.7 Å². The summed E-state index contributed by atoms with van der Waals surface area (Å²) in [7, 11) is 0. The Morgan fingerprint density at radius 1 is 1.21 bits per heavy atom. The van der Waals surface area contributed by atoms with Crippen LogP contribution in [0.3, 0.4) is 0 Å². The first kappa shape index (κ1) is 16.7. The summed E-state index contributed by atoms with van der Waals surface area (Å²) in [6.45, 7) is 6.51. The van der Waals surface area contributed by atoms with Crippen LogP contribution in [0, 0.1) is 5.82 Å². The normalized spacial score (nSPS) is 16.6. The number of hydrogen-bond donors (Lipinski definition) is 1. The number of nitrogens with zero attached hydrogens (tertiary/aromatic N) is 4. The van der Waals surface area contributed by atoms with Gasteiger partial charge in [0, 0.05) is 51.2 Å². The topological polar surface area (TPSA) is 69.6 Å². The Labute approximate surface area is 139 Å². The van der Waals surface area contributed by atoms with Crippen molar-refractivity contribution >= 4 is 16.9 Å². The molecule has 1 amide bonds. The van der Waals surface area contributed by atoms with Crippen molar-refractivity contribution in [2.75, 3.05) is 32.7 Å². The van der Waals surface area contributed by atoms with Crippen LogP contribution < -0.4 is 0 Å². The van der Waals surface area contributed by atoms with E-state index in [0.29, 0.717) is 43.8 Å². The number of fused-ring (bicyclic) bond motifs is 1. The summed E-state index contributed by atoms with van der Waals surface area (Å²) in [6, 6.07) is 2.50. The van der Waals surface area contributed by atoms with E-state index in [1.165, 1.54) is 24.5 Å². The number of aromatic nitrogens is 2. The lowest BCUT2D eigenvalue weighted by atomic mass is 10.1. The molecule has 1 aliphatic heterocycles. The molecule has 2 aromatic rings. The molecule has 1 saturated heterocycles. The fourth-order valence-electron chi connectivity index (χ4n) is 3.03. The Kier molecular flexibility index (Phi) is 4.47. The molecule has 7 heteroatoms. The summed E-state index contributed by atoms with van der Waals surface area (Å²) in [5.74, 6) is -0.727. The molecule has 0 aliphatic carbocycles. The third-order valence-corrected chi connectivity index (χ3v) is 4.04. The molecule has 0 bridgehead atoms. The molecule has 6 nitrogen and oxygen atoms in total. The van der Waals surface area contributed by atoms with Gasteiger partial charge in [-0.2, -0.15) is 0 Å². The fourth-order valence-corrected chi connectivity index (χ4v) is 3.03. The molecule has 0 atom stereocenters. The second kappa shape index (κ2) is 6.41. The second-order valence-electron chi connectivity index (χ2n) is 6.76. The van der Waals surface area contributed by atoms with Crippen molar-refractivity contribution in [3.05, 3.63) is 35.9 Å². The SMILES string of the molecule is CC(C)(O)CN1CCN(C(=O)c2cc(F)cc3nccnc23)CC1. The molecule has 1 aromatic carbocycles. The summed E-state index contributed by atoms with van der Waals surface area (Å²) in [5.41, 5.74) is 0.277. The van der Waals surface area contributed by atoms with E-state index in [4.69, 9.17) is 0 Å². The third kappa shape index (κ3) is 3.68. The largest absolute Gasteiger partial charge is 0.389 e. The average Bonchev–Trinajstić information content (AvgIpc) is 2.52. The Balaban J connectivity index is 1.77. The Hall–Kier alpha value is -2.12. The molecule has 0 spiro atoms. The van der Waals surface area contributed by atoms with Crippen molar-refractivity contribution in [2.45, 2.75) is 19.4 Å². The lowest BCUT2D eigenvalue weighted by molar-refractivity contribution is 0.0179. The highest BCUT2D eigenvalue weighted by molar-refractivity contribution is 6.04. The van der Waals surface area contributed by atoms with E-state index in [-0.39, 0.29) is 11.5 Å². The molecule has 1 aromatic heterocycles. The van der Waals surface area contributed by atoms with Crippen LogP contribution >= 0.6 is 0 Å². The molecule has 3 rings (SSSR count). The van der Waals surface area contributed by atoms with Crippen LogP contribution in [0.15, 0.2) is 24.5 Å². The summed E-state index contributed by atoms with van der Waals surface area (Å²) in [6.07, 6.45) is 2.98. The van der Waals surface area contributed by atoms with Crippen LogP contribution in [0.4, 0.5) is 4.39 Å². The van der Waals surface area contributed by atoms with E-state index in [9.17, 15) is 14.3 Å². The number of amides is 1. The van der Waals surface area contributed by atoms with Crippen molar-refractivity contribution in [2.24, 2.45) is 0 Å². The predicted molar refractivity (Wildman–Crippen MR) is 88.1 cm³/mol. The average molecular weight is 332 g/mol.